The molecule has 1 aromatic carbocycles. The highest BCUT2D eigenvalue weighted by molar-refractivity contribution is 7.13. The third-order valence-corrected chi connectivity index (χ3v) is 3.45. The van der Waals surface area contributed by atoms with Crippen LogP contribution in [-0.4, -0.2) is 22.9 Å². The predicted molar refractivity (Wildman–Crippen MR) is 76.7 cm³/mol. The zero-order chi connectivity index (χ0) is 14.7. The van der Waals surface area contributed by atoms with E-state index in [0.29, 0.717) is 16.5 Å². The number of thiazole rings is 1. The normalized spacial score (nSPS) is 10.2. The van der Waals surface area contributed by atoms with E-state index in [2.05, 4.69) is 4.98 Å². The molecule has 0 atom stereocenters. The van der Waals surface area contributed by atoms with Crippen LogP contribution < -0.4 is 10.6 Å². The van der Waals surface area contributed by atoms with Gasteiger partial charge in [0.25, 0.3) is 5.69 Å². The lowest BCUT2D eigenvalue weighted by molar-refractivity contribution is -0.384. The molecule has 0 radical (unpaired) electrons. The summed E-state index contributed by atoms with van der Waals surface area (Å²) in [7, 11) is 1.61. The van der Waals surface area contributed by atoms with Crippen molar-refractivity contribution in [3.63, 3.8) is 0 Å². The number of carbonyl (C=O) groups excluding carboxylic acids is 1. The first-order valence-corrected chi connectivity index (χ1v) is 6.56. The first-order chi connectivity index (χ1) is 9.47. The summed E-state index contributed by atoms with van der Waals surface area (Å²) < 4.78 is 0. The Morgan fingerprint density at radius 2 is 2.10 bits per heavy atom. The second-order valence-corrected chi connectivity index (χ2v) is 4.97. The molecule has 2 N–H and O–H groups in total. The number of nitro groups is 1. The van der Waals surface area contributed by atoms with Gasteiger partial charge in [0.05, 0.1) is 17.0 Å². The second kappa shape index (κ2) is 5.66. The maximum atomic E-state index is 12.1. The standard InChI is InChI=1S/C12H12N4O3S/c1-15(9-2-4-10(5-3-9)16(18)19)11(17)6-8-7-20-12(13)14-8/h2-5,7H,6H2,1H3,(H2,13,14). The quantitative estimate of drug-likeness (QED) is 0.684. The van der Waals surface area contributed by atoms with E-state index in [9.17, 15) is 14.9 Å². The van der Waals surface area contributed by atoms with Gasteiger partial charge in [0.2, 0.25) is 5.91 Å². The number of hydrogen-bond donors (Lipinski definition) is 1. The molecule has 1 heterocycles. The molecule has 0 saturated heterocycles. The first-order valence-electron chi connectivity index (χ1n) is 5.68. The number of carbonyl (C=O) groups is 1. The smallest absolute Gasteiger partial charge is 0.269 e. The summed E-state index contributed by atoms with van der Waals surface area (Å²) in [6, 6.07) is 5.79. The van der Waals surface area contributed by atoms with Gasteiger partial charge in [-0.3, -0.25) is 14.9 Å². The fourth-order valence-corrected chi connectivity index (χ4v) is 2.18. The number of nitrogen functional groups attached to an aromatic ring is 1. The molecular weight excluding hydrogens is 280 g/mol. The highest BCUT2D eigenvalue weighted by Gasteiger charge is 2.14. The molecule has 0 saturated carbocycles. The molecule has 1 amide bonds. The van der Waals surface area contributed by atoms with E-state index in [1.54, 1.807) is 12.4 Å². The maximum absolute atomic E-state index is 12.1. The monoisotopic (exact) mass is 292 g/mol. The van der Waals surface area contributed by atoms with Crippen LogP contribution in [0.15, 0.2) is 29.6 Å². The fraction of sp³-hybridized carbons (Fsp3) is 0.167. The molecule has 0 aliphatic heterocycles. The van der Waals surface area contributed by atoms with Crippen molar-refractivity contribution < 1.29 is 9.72 Å². The average Bonchev–Trinajstić information content (AvgIpc) is 2.83. The van der Waals surface area contributed by atoms with E-state index >= 15 is 0 Å². The van der Waals surface area contributed by atoms with Gasteiger partial charge >= 0.3 is 0 Å². The van der Waals surface area contributed by atoms with Gasteiger partial charge in [0.15, 0.2) is 5.13 Å². The van der Waals surface area contributed by atoms with E-state index in [0.717, 1.165) is 0 Å². The topological polar surface area (TPSA) is 102 Å². The van der Waals surface area contributed by atoms with E-state index in [-0.39, 0.29) is 18.0 Å². The van der Waals surface area contributed by atoms with Gasteiger partial charge in [-0.1, -0.05) is 0 Å². The highest BCUT2D eigenvalue weighted by atomic mass is 32.1. The minimum absolute atomic E-state index is 0.0122. The van der Waals surface area contributed by atoms with Crippen molar-refractivity contribution in [3.05, 3.63) is 45.5 Å². The Labute approximate surface area is 118 Å². The molecule has 0 fully saturated rings. The molecule has 7 nitrogen and oxygen atoms in total. The third kappa shape index (κ3) is 3.09. The van der Waals surface area contributed by atoms with Crippen molar-refractivity contribution in [3.8, 4) is 0 Å². The number of nitro benzene ring substituents is 1. The van der Waals surface area contributed by atoms with Crippen LogP contribution in [0.5, 0.6) is 0 Å². The molecule has 8 heteroatoms. The van der Waals surface area contributed by atoms with Gasteiger partial charge in [-0.15, -0.1) is 11.3 Å². The molecule has 1 aromatic heterocycles. The predicted octanol–water partition coefficient (Wildman–Crippen LogP) is 1.84. The van der Waals surface area contributed by atoms with Crippen molar-refractivity contribution in [1.29, 1.82) is 0 Å². The van der Waals surface area contributed by atoms with Crippen LogP contribution in [0.4, 0.5) is 16.5 Å². The zero-order valence-corrected chi connectivity index (χ0v) is 11.5. The summed E-state index contributed by atoms with van der Waals surface area (Å²) in [5.74, 6) is -0.163. The van der Waals surface area contributed by atoms with Crippen LogP contribution in [0.2, 0.25) is 0 Å². The van der Waals surface area contributed by atoms with Crippen LogP contribution >= 0.6 is 11.3 Å². The van der Waals surface area contributed by atoms with Gasteiger partial charge in [0, 0.05) is 30.2 Å². The Bertz CT molecular complexity index is 638. The van der Waals surface area contributed by atoms with Crippen molar-refractivity contribution in [2.45, 2.75) is 6.42 Å². The van der Waals surface area contributed by atoms with E-state index in [4.69, 9.17) is 5.73 Å². The minimum Gasteiger partial charge on any atom is -0.375 e. The number of nitrogens with two attached hydrogens (primary N) is 1. The molecule has 2 aromatic rings. The Hall–Kier alpha value is -2.48. The largest absolute Gasteiger partial charge is 0.375 e. The Morgan fingerprint density at radius 1 is 1.45 bits per heavy atom. The number of nitrogens with zero attached hydrogens (tertiary/aromatic N) is 3. The average molecular weight is 292 g/mol. The summed E-state index contributed by atoms with van der Waals surface area (Å²) in [5, 5.41) is 12.7. The van der Waals surface area contributed by atoms with Gasteiger partial charge in [-0.05, 0) is 12.1 Å². The van der Waals surface area contributed by atoms with Crippen LogP contribution in [0.25, 0.3) is 0 Å². The molecule has 0 aliphatic carbocycles. The molecule has 0 unspecified atom stereocenters. The van der Waals surface area contributed by atoms with Crippen LogP contribution in [-0.2, 0) is 11.2 Å². The van der Waals surface area contributed by atoms with Gasteiger partial charge in [0.1, 0.15) is 0 Å². The number of benzene rings is 1. The molecule has 2 rings (SSSR count). The van der Waals surface area contributed by atoms with Crippen LogP contribution in [0.3, 0.4) is 0 Å². The number of non-ortho nitro benzene ring substituents is 1. The molecule has 20 heavy (non-hydrogen) atoms. The minimum atomic E-state index is -0.482. The highest BCUT2D eigenvalue weighted by Crippen LogP contribution is 2.19. The molecule has 0 spiro atoms. The Kier molecular flexibility index (Phi) is 3.94. The summed E-state index contributed by atoms with van der Waals surface area (Å²) in [5.41, 5.74) is 6.70. The van der Waals surface area contributed by atoms with Crippen molar-refractivity contribution in [2.24, 2.45) is 0 Å². The summed E-state index contributed by atoms with van der Waals surface area (Å²) >= 11 is 1.28. The number of likely N-dealkylation sites (N-methyl/N-ethyl adjacent to an activating group) is 1. The summed E-state index contributed by atoms with van der Waals surface area (Å²) in [4.78, 5) is 27.6. The lowest BCUT2D eigenvalue weighted by Gasteiger charge is -2.16. The SMILES string of the molecule is CN(C(=O)Cc1csc(N)n1)c1ccc([N+](=O)[O-])cc1. The molecule has 0 bridgehead atoms. The fourth-order valence-electron chi connectivity index (χ4n) is 1.62. The zero-order valence-electron chi connectivity index (χ0n) is 10.6. The van der Waals surface area contributed by atoms with Crippen LogP contribution in [0, 0.1) is 10.1 Å². The molecule has 0 aliphatic rings. The van der Waals surface area contributed by atoms with Crippen LogP contribution in [0.1, 0.15) is 5.69 Å². The third-order valence-electron chi connectivity index (χ3n) is 2.72. The summed E-state index contributed by atoms with van der Waals surface area (Å²) in [6.07, 6.45) is 0.140. The molecule has 104 valence electrons. The number of amides is 1. The number of rotatable bonds is 4. The lowest BCUT2D eigenvalue weighted by Crippen LogP contribution is -2.27. The van der Waals surface area contributed by atoms with E-state index in [1.807, 2.05) is 0 Å². The van der Waals surface area contributed by atoms with Crippen molar-refractivity contribution in [1.82, 2.24) is 4.98 Å². The second-order valence-electron chi connectivity index (χ2n) is 4.08. The van der Waals surface area contributed by atoms with Crippen molar-refractivity contribution >= 4 is 33.8 Å². The van der Waals surface area contributed by atoms with E-state index < -0.39 is 4.92 Å². The maximum Gasteiger partial charge on any atom is 0.269 e. The van der Waals surface area contributed by atoms with Gasteiger partial charge in [-0.2, -0.15) is 0 Å². The van der Waals surface area contributed by atoms with Gasteiger partial charge < -0.3 is 10.6 Å². The first kappa shape index (κ1) is 13.9. The van der Waals surface area contributed by atoms with Crippen molar-refractivity contribution in [2.75, 3.05) is 17.7 Å². The molecular formula is C12H12N4O3S. The summed E-state index contributed by atoms with van der Waals surface area (Å²) in [6.45, 7) is 0. The number of anilines is 2. The Morgan fingerprint density at radius 3 is 2.60 bits per heavy atom. The number of aromatic nitrogens is 1. The lowest BCUT2D eigenvalue weighted by atomic mass is 10.2. The van der Waals surface area contributed by atoms with Gasteiger partial charge in [-0.25, -0.2) is 4.98 Å². The van der Waals surface area contributed by atoms with E-state index in [1.165, 1.54) is 40.5 Å². The number of hydrogen-bond acceptors (Lipinski definition) is 6. The Balaban J connectivity index is 2.08.